The van der Waals surface area contributed by atoms with Crippen LogP contribution in [0.1, 0.15) is 266 Å². The summed E-state index contributed by atoms with van der Waals surface area (Å²) < 4.78 is 0. The SMILES string of the molecule is Cc1cc(C)c(C2c3cc4c(cc3-c3c2c2c(c5c3C(c3c(C)cc(C)cc3C)c3cc6c(cc3-5)C(C)(C)CCC6(C)C)C(c3c(C)cc(C)cc3C)c3cc5c(cc3-2)C(C)(C)CCC5(C)C)CC(C)(C)CC4(C)C)c(C)c1. The van der Waals surface area contributed by atoms with Gasteiger partial charge in [-0.1, -0.05) is 160 Å². The van der Waals surface area contributed by atoms with E-state index in [4.69, 9.17) is 0 Å². The van der Waals surface area contributed by atoms with E-state index in [-0.39, 0.29) is 50.2 Å². The maximum Gasteiger partial charge on any atom is 0.0364 e. The van der Waals surface area contributed by atoms with Crippen molar-refractivity contribution in [3.05, 3.63) is 206 Å². The van der Waals surface area contributed by atoms with Gasteiger partial charge in [-0.25, -0.2) is 0 Å². The first kappa shape index (κ1) is 51.9. The third-order valence-electron chi connectivity index (χ3n) is 21.9. The second-order valence-electron chi connectivity index (χ2n) is 31.1. The van der Waals surface area contributed by atoms with Gasteiger partial charge < -0.3 is 0 Å². The molecule has 3 atom stereocenters. The lowest BCUT2D eigenvalue weighted by molar-refractivity contribution is 0.231. The van der Waals surface area contributed by atoms with Crippen molar-refractivity contribution in [1.29, 1.82) is 0 Å². The summed E-state index contributed by atoms with van der Waals surface area (Å²) in [5, 5.41) is 0. The van der Waals surface area contributed by atoms with E-state index in [1.807, 2.05) is 0 Å². The predicted molar refractivity (Wildman–Crippen MR) is 333 cm³/mol. The van der Waals surface area contributed by atoms with E-state index in [0.717, 1.165) is 6.42 Å². The van der Waals surface area contributed by atoms with Crippen LogP contribution >= 0.6 is 0 Å². The lowest BCUT2D eigenvalue weighted by Crippen LogP contribution is -2.35. The van der Waals surface area contributed by atoms with Crippen LogP contribution in [0.15, 0.2) is 72.8 Å². The molecule has 7 aromatic carbocycles. The minimum absolute atomic E-state index is 0.0376. The molecule has 0 amide bonds. The van der Waals surface area contributed by atoms with Crippen LogP contribution < -0.4 is 0 Å². The first-order valence-corrected chi connectivity index (χ1v) is 30.4. The molecule has 0 radical (unpaired) electrons. The van der Waals surface area contributed by atoms with Gasteiger partial charge in [-0.3, -0.25) is 0 Å². The van der Waals surface area contributed by atoms with E-state index in [9.17, 15) is 0 Å². The Kier molecular flexibility index (Phi) is 10.9. The molecule has 78 heavy (non-hydrogen) atoms. The van der Waals surface area contributed by atoms with E-state index in [2.05, 4.69) is 218 Å². The summed E-state index contributed by atoms with van der Waals surface area (Å²) in [6.07, 6.45) is 7.04. The minimum atomic E-state index is 0.0376. The van der Waals surface area contributed by atoms with E-state index < -0.39 is 0 Å². The largest absolute Gasteiger partial charge is 0.0596 e. The van der Waals surface area contributed by atoms with Crippen molar-refractivity contribution in [2.75, 3.05) is 0 Å². The number of hydrogen-bond donors (Lipinski definition) is 0. The van der Waals surface area contributed by atoms with Crippen LogP contribution in [0.25, 0.3) is 33.4 Å². The number of fused-ring (bicyclic) bond motifs is 15. The van der Waals surface area contributed by atoms with Gasteiger partial charge in [0.05, 0.1) is 0 Å². The lowest BCUT2D eigenvalue weighted by Gasteiger charge is -2.43. The van der Waals surface area contributed by atoms with Crippen molar-refractivity contribution in [1.82, 2.24) is 0 Å². The highest BCUT2D eigenvalue weighted by atomic mass is 14.6. The monoisotopic (exact) mass is 1030 g/mol. The smallest absolute Gasteiger partial charge is 0.0364 e. The maximum absolute atomic E-state index is 2.81. The Balaban J connectivity index is 1.32. The van der Waals surface area contributed by atoms with Crippen molar-refractivity contribution in [2.24, 2.45) is 5.41 Å². The summed E-state index contributed by atoms with van der Waals surface area (Å²) in [5.41, 5.74) is 45.4. The molecule has 0 spiro atoms. The first-order chi connectivity index (χ1) is 36.3. The van der Waals surface area contributed by atoms with Crippen LogP contribution in [0, 0.1) is 67.7 Å². The Labute approximate surface area is 471 Å². The van der Waals surface area contributed by atoms with Crippen molar-refractivity contribution >= 4 is 0 Å². The topological polar surface area (TPSA) is 0 Å². The third kappa shape index (κ3) is 7.21. The van der Waals surface area contributed by atoms with Crippen molar-refractivity contribution in [3.63, 3.8) is 0 Å². The standard InChI is InChI=1S/C78H90/c1-40-26-43(4)61(44(5)27-40)64-51-33-56-49(38-73(10,11)39-78(56,20)21)32-50(51)67-70(64)68-55-37-60-58(75(14,15)23-25-77(60,18)19)35-53(55)66(63-47(8)30-42(3)31-48(63)9)72(68)69-54-36-59-57(74(12,13)22-24-76(59,16)17)34-52(54)65(71(67)69)62-45(6)28-41(2)29-46(62)7/h26-37,64-66H,22-25,38-39H2,1-21H3. The van der Waals surface area contributed by atoms with Crippen LogP contribution in [0.3, 0.4) is 0 Å². The molecule has 0 fully saturated rings. The molecule has 0 bridgehead atoms. The fraction of sp³-hybridized carbons (Fsp3) is 0.462. The second-order valence-corrected chi connectivity index (χ2v) is 31.1. The summed E-state index contributed by atoms with van der Waals surface area (Å²) in [6, 6.07) is 31.8. The van der Waals surface area contributed by atoms with E-state index in [1.165, 1.54) is 132 Å². The first-order valence-electron chi connectivity index (χ1n) is 30.4. The molecular formula is C78H90. The molecular weight excluding hydrogens is 937 g/mol. The fourth-order valence-corrected chi connectivity index (χ4v) is 18.8. The van der Waals surface area contributed by atoms with E-state index in [1.54, 1.807) is 66.8 Å². The van der Waals surface area contributed by atoms with Gasteiger partial charge in [0.25, 0.3) is 0 Å². The highest BCUT2D eigenvalue weighted by Crippen LogP contribution is 2.70. The molecule has 6 aliphatic carbocycles. The molecule has 0 saturated heterocycles. The summed E-state index contributed by atoms with van der Waals surface area (Å²) >= 11 is 0. The van der Waals surface area contributed by atoms with Crippen LogP contribution in [-0.4, -0.2) is 0 Å². The number of benzene rings is 7. The zero-order valence-electron chi connectivity index (χ0n) is 51.9. The van der Waals surface area contributed by atoms with Crippen LogP contribution in [-0.2, 0) is 33.5 Å². The molecule has 0 N–H and O–H groups in total. The second kappa shape index (κ2) is 16.4. The molecule has 0 aromatic heterocycles. The Bertz CT molecular complexity index is 3720. The molecule has 0 heteroatoms. The third-order valence-corrected chi connectivity index (χ3v) is 21.9. The molecule has 6 aliphatic rings. The molecule has 7 aromatic rings. The molecule has 0 saturated carbocycles. The minimum Gasteiger partial charge on any atom is -0.0596 e. The summed E-state index contributed by atoms with van der Waals surface area (Å²) in [7, 11) is 0. The summed E-state index contributed by atoms with van der Waals surface area (Å²) in [6.45, 7) is 52.1. The average molecular weight is 1030 g/mol. The quantitative estimate of drug-likeness (QED) is 0.165. The Morgan fingerprint density at radius 3 is 0.872 bits per heavy atom. The van der Waals surface area contributed by atoms with Crippen LogP contribution in [0.5, 0.6) is 0 Å². The lowest BCUT2D eigenvalue weighted by atomic mass is 9.62. The van der Waals surface area contributed by atoms with Gasteiger partial charge in [-0.15, -0.1) is 0 Å². The van der Waals surface area contributed by atoms with Gasteiger partial charge in [0, 0.05) is 17.8 Å². The molecule has 0 heterocycles. The van der Waals surface area contributed by atoms with Gasteiger partial charge in [-0.05, 0) is 296 Å². The zero-order valence-corrected chi connectivity index (χ0v) is 51.9. The summed E-state index contributed by atoms with van der Waals surface area (Å²) in [4.78, 5) is 0. The Morgan fingerprint density at radius 2 is 0.564 bits per heavy atom. The average Bonchev–Trinajstić information content (AvgIpc) is 1.89. The summed E-state index contributed by atoms with van der Waals surface area (Å²) in [5.74, 6) is 0.186. The van der Waals surface area contributed by atoms with Crippen molar-refractivity contribution < 1.29 is 0 Å². The van der Waals surface area contributed by atoms with Gasteiger partial charge in [0.2, 0.25) is 0 Å². The van der Waals surface area contributed by atoms with Gasteiger partial charge in [0.15, 0.2) is 0 Å². The predicted octanol–water partition coefficient (Wildman–Crippen LogP) is 20.9. The highest BCUT2D eigenvalue weighted by molar-refractivity contribution is 6.05. The highest BCUT2D eigenvalue weighted by Gasteiger charge is 2.52. The number of aryl methyl sites for hydroxylation is 9. The molecule has 13 rings (SSSR count). The molecule has 0 nitrogen and oxygen atoms in total. The van der Waals surface area contributed by atoms with Gasteiger partial charge in [-0.2, -0.15) is 0 Å². The van der Waals surface area contributed by atoms with Gasteiger partial charge >= 0.3 is 0 Å². The zero-order chi connectivity index (χ0) is 55.8. The van der Waals surface area contributed by atoms with E-state index in [0.29, 0.717) is 0 Å². The molecule has 3 unspecified atom stereocenters. The number of rotatable bonds is 3. The van der Waals surface area contributed by atoms with Crippen LogP contribution in [0.4, 0.5) is 0 Å². The van der Waals surface area contributed by atoms with E-state index >= 15 is 0 Å². The maximum atomic E-state index is 2.81. The van der Waals surface area contributed by atoms with Crippen molar-refractivity contribution in [2.45, 2.75) is 229 Å². The molecule has 402 valence electrons. The van der Waals surface area contributed by atoms with Gasteiger partial charge in [0.1, 0.15) is 0 Å². The number of hydrogen-bond acceptors (Lipinski definition) is 0. The Hall–Kier alpha value is -5.46. The molecule has 0 aliphatic heterocycles. The van der Waals surface area contributed by atoms with Crippen molar-refractivity contribution in [3.8, 4) is 33.4 Å². The van der Waals surface area contributed by atoms with Crippen LogP contribution in [0.2, 0.25) is 0 Å². The normalized spacial score (nSPS) is 22.3. The fourth-order valence-electron chi connectivity index (χ4n) is 18.8. The Morgan fingerprint density at radius 1 is 0.295 bits per heavy atom.